The van der Waals surface area contributed by atoms with Gasteiger partial charge in [-0.25, -0.2) is 4.79 Å². The molecular weight excluding hydrogens is 278 g/mol. The fourth-order valence-electron chi connectivity index (χ4n) is 3.74. The van der Waals surface area contributed by atoms with E-state index >= 15 is 0 Å². The number of ketones is 1. The van der Waals surface area contributed by atoms with Gasteiger partial charge in [-0.15, -0.1) is 0 Å². The SMILES string of the molecule is C[C@@H]1CC(=O)[C@H]2CCCN(C(=O)OCc3ccccc3)[C@H]2C1. The highest BCUT2D eigenvalue weighted by Gasteiger charge is 2.42. The average Bonchev–Trinajstić information content (AvgIpc) is 2.53. The van der Waals surface area contributed by atoms with Crippen molar-refractivity contribution < 1.29 is 14.3 Å². The zero-order chi connectivity index (χ0) is 15.5. The van der Waals surface area contributed by atoms with Gasteiger partial charge in [-0.2, -0.15) is 0 Å². The number of piperidine rings is 1. The minimum Gasteiger partial charge on any atom is -0.445 e. The Hall–Kier alpha value is -1.84. The van der Waals surface area contributed by atoms with Gasteiger partial charge in [0.25, 0.3) is 0 Å². The monoisotopic (exact) mass is 301 g/mol. The van der Waals surface area contributed by atoms with E-state index in [0.29, 0.717) is 24.7 Å². The number of amides is 1. The van der Waals surface area contributed by atoms with Crippen molar-refractivity contribution >= 4 is 11.9 Å². The van der Waals surface area contributed by atoms with Crippen LogP contribution in [0.25, 0.3) is 0 Å². The van der Waals surface area contributed by atoms with Gasteiger partial charge in [0, 0.05) is 24.9 Å². The topological polar surface area (TPSA) is 46.6 Å². The normalized spacial score (nSPS) is 28.1. The number of fused-ring (bicyclic) bond motifs is 1. The first-order valence-corrected chi connectivity index (χ1v) is 8.15. The van der Waals surface area contributed by atoms with Crippen molar-refractivity contribution in [3.63, 3.8) is 0 Å². The first kappa shape index (κ1) is 15.1. The number of benzene rings is 1. The smallest absolute Gasteiger partial charge is 0.410 e. The zero-order valence-electron chi connectivity index (χ0n) is 13.0. The molecule has 3 rings (SSSR count). The summed E-state index contributed by atoms with van der Waals surface area (Å²) in [6.07, 6.45) is 3.10. The van der Waals surface area contributed by atoms with Gasteiger partial charge in [-0.05, 0) is 30.7 Å². The summed E-state index contributed by atoms with van der Waals surface area (Å²) in [6, 6.07) is 9.73. The van der Waals surface area contributed by atoms with Crippen molar-refractivity contribution in [2.24, 2.45) is 11.8 Å². The Balaban J connectivity index is 1.64. The van der Waals surface area contributed by atoms with Gasteiger partial charge in [0.2, 0.25) is 0 Å². The van der Waals surface area contributed by atoms with Crippen LogP contribution < -0.4 is 0 Å². The van der Waals surface area contributed by atoms with Crippen LogP contribution in [0.2, 0.25) is 0 Å². The Kier molecular flexibility index (Phi) is 4.46. The summed E-state index contributed by atoms with van der Waals surface area (Å²) < 4.78 is 5.46. The summed E-state index contributed by atoms with van der Waals surface area (Å²) in [4.78, 5) is 26.4. The molecule has 0 aromatic heterocycles. The largest absolute Gasteiger partial charge is 0.445 e. The number of carbonyl (C=O) groups is 2. The van der Waals surface area contributed by atoms with Crippen LogP contribution >= 0.6 is 0 Å². The van der Waals surface area contributed by atoms with Gasteiger partial charge >= 0.3 is 6.09 Å². The van der Waals surface area contributed by atoms with Crippen molar-refractivity contribution in [1.82, 2.24) is 4.90 Å². The second kappa shape index (κ2) is 6.51. The Morgan fingerprint density at radius 3 is 2.86 bits per heavy atom. The van der Waals surface area contributed by atoms with Gasteiger partial charge in [0.15, 0.2) is 0 Å². The minimum absolute atomic E-state index is 0.0224. The van der Waals surface area contributed by atoms with Crippen LogP contribution in [-0.4, -0.2) is 29.4 Å². The Labute approximate surface area is 131 Å². The van der Waals surface area contributed by atoms with Gasteiger partial charge in [0.1, 0.15) is 12.4 Å². The van der Waals surface area contributed by atoms with Crippen molar-refractivity contribution in [1.29, 1.82) is 0 Å². The molecule has 0 bridgehead atoms. The van der Waals surface area contributed by atoms with E-state index < -0.39 is 0 Å². The Bertz CT molecular complexity index is 543. The molecule has 4 heteroatoms. The molecular formula is C18H23NO3. The zero-order valence-corrected chi connectivity index (χ0v) is 13.0. The van der Waals surface area contributed by atoms with Crippen LogP contribution in [0.15, 0.2) is 30.3 Å². The van der Waals surface area contributed by atoms with Crippen LogP contribution in [0, 0.1) is 11.8 Å². The molecule has 4 nitrogen and oxygen atoms in total. The van der Waals surface area contributed by atoms with Crippen LogP contribution in [-0.2, 0) is 16.1 Å². The lowest BCUT2D eigenvalue weighted by molar-refractivity contribution is -0.130. The lowest BCUT2D eigenvalue weighted by Gasteiger charge is -2.44. The van der Waals surface area contributed by atoms with Crippen LogP contribution in [0.3, 0.4) is 0 Å². The molecule has 3 atom stereocenters. The number of hydrogen-bond acceptors (Lipinski definition) is 3. The van der Waals surface area contributed by atoms with Crippen LogP contribution in [0.1, 0.15) is 38.2 Å². The van der Waals surface area contributed by atoms with Gasteiger partial charge < -0.3 is 9.64 Å². The Morgan fingerprint density at radius 1 is 1.32 bits per heavy atom. The fourth-order valence-corrected chi connectivity index (χ4v) is 3.74. The summed E-state index contributed by atoms with van der Waals surface area (Å²) in [5.41, 5.74) is 0.984. The summed E-state index contributed by atoms with van der Waals surface area (Å²) in [5, 5.41) is 0. The molecule has 1 aromatic carbocycles. The lowest BCUT2D eigenvalue weighted by Crippen LogP contribution is -2.53. The number of Topliss-reactive ketones (excluding diaryl/α,β-unsaturated/α-hetero) is 1. The highest BCUT2D eigenvalue weighted by atomic mass is 16.6. The van der Waals surface area contributed by atoms with Crippen molar-refractivity contribution in [3.8, 4) is 0 Å². The maximum absolute atomic E-state index is 12.4. The van der Waals surface area contributed by atoms with Crippen molar-refractivity contribution in [2.45, 2.75) is 45.3 Å². The van der Waals surface area contributed by atoms with E-state index in [2.05, 4.69) is 6.92 Å². The number of carbonyl (C=O) groups excluding carboxylic acids is 2. The minimum atomic E-state index is -0.277. The molecule has 1 aromatic rings. The number of likely N-dealkylation sites (tertiary alicyclic amines) is 1. The van der Waals surface area contributed by atoms with E-state index in [-0.39, 0.29) is 24.7 Å². The molecule has 1 aliphatic heterocycles. The molecule has 1 saturated carbocycles. The van der Waals surface area contributed by atoms with Crippen molar-refractivity contribution in [3.05, 3.63) is 35.9 Å². The van der Waals surface area contributed by atoms with E-state index in [4.69, 9.17) is 4.74 Å². The molecule has 0 spiro atoms. The molecule has 1 saturated heterocycles. The molecule has 0 unspecified atom stereocenters. The highest BCUT2D eigenvalue weighted by Crippen LogP contribution is 2.36. The third kappa shape index (κ3) is 3.16. The van der Waals surface area contributed by atoms with E-state index in [1.807, 2.05) is 30.3 Å². The summed E-state index contributed by atoms with van der Waals surface area (Å²) in [6.45, 7) is 3.09. The summed E-state index contributed by atoms with van der Waals surface area (Å²) in [5.74, 6) is 0.704. The molecule has 1 heterocycles. The van der Waals surface area contributed by atoms with Crippen LogP contribution in [0.4, 0.5) is 4.79 Å². The third-order valence-electron chi connectivity index (χ3n) is 4.83. The number of rotatable bonds is 2. The quantitative estimate of drug-likeness (QED) is 0.841. The summed E-state index contributed by atoms with van der Waals surface area (Å²) >= 11 is 0. The maximum Gasteiger partial charge on any atom is 0.410 e. The standard InChI is InChI=1S/C18H23NO3/c1-13-10-16-15(17(20)11-13)8-5-9-19(16)18(21)22-12-14-6-3-2-4-7-14/h2-4,6-7,13,15-16H,5,8-12H2,1H3/t13-,15-,16-/m0/s1. The number of nitrogens with zero attached hydrogens (tertiary/aromatic N) is 1. The number of hydrogen-bond donors (Lipinski definition) is 0. The summed E-state index contributed by atoms with van der Waals surface area (Å²) in [7, 11) is 0. The second-order valence-corrected chi connectivity index (χ2v) is 6.56. The first-order chi connectivity index (χ1) is 10.6. The van der Waals surface area contributed by atoms with E-state index in [0.717, 1.165) is 24.8 Å². The molecule has 2 fully saturated rings. The van der Waals surface area contributed by atoms with Gasteiger partial charge in [-0.3, -0.25) is 4.79 Å². The third-order valence-corrected chi connectivity index (χ3v) is 4.83. The van der Waals surface area contributed by atoms with Gasteiger partial charge in [0.05, 0.1) is 0 Å². The van der Waals surface area contributed by atoms with E-state index in [1.165, 1.54) is 0 Å². The van der Waals surface area contributed by atoms with E-state index in [1.54, 1.807) is 4.90 Å². The maximum atomic E-state index is 12.4. The lowest BCUT2D eigenvalue weighted by atomic mass is 9.73. The number of ether oxygens (including phenoxy) is 1. The molecule has 1 aliphatic carbocycles. The fraction of sp³-hybridized carbons (Fsp3) is 0.556. The van der Waals surface area contributed by atoms with Crippen molar-refractivity contribution in [2.75, 3.05) is 6.54 Å². The second-order valence-electron chi connectivity index (χ2n) is 6.56. The predicted octanol–water partition coefficient (Wildman–Crippen LogP) is 3.40. The Morgan fingerprint density at radius 2 is 2.09 bits per heavy atom. The first-order valence-electron chi connectivity index (χ1n) is 8.15. The van der Waals surface area contributed by atoms with Gasteiger partial charge in [-0.1, -0.05) is 37.3 Å². The molecule has 2 aliphatic rings. The average molecular weight is 301 g/mol. The predicted molar refractivity (Wildman–Crippen MR) is 83.3 cm³/mol. The van der Waals surface area contributed by atoms with E-state index in [9.17, 15) is 9.59 Å². The molecule has 22 heavy (non-hydrogen) atoms. The molecule has 1 amide bonds. The molecule has 118 valence electrons. The van der Waals surface area contributed by atoms with Crippen LogP contribution in [0.5, 0.6) is 0 Å². The molecule has 0 N–H and O–H groups in total. The highest BCUT2D eigenvalue weighted by molar-refractivity contribution is 5.84. The molecule has 0 radical (unpaired) electrons.